The smallest absolute Gasteiger partial charge is 0.193 e. The number of pyridine rings is 1. The van der Waals surface area contributed by atoms with Crippen molar-refractivity contribution in [3.63, 3.8) is 0 Å². The van der Waals surface area contributed by atoms with Crippen molar-refractivity contribution in [2.24, 2.45) is 4.99 Å². The molecule has 1 aliphatic heterocycles. The van der Waals surface area contributed by atoms with Crippen LogP contribution in [0.3, 0.4) is 0 Å². The van der Waals surface area contributed by atoms with E-state index in [1.54, 1.807) is 0 Å². The largest absolute Gasteiger partial charge is 0.375 e. The highest BCUT2D eigenvalue weighted by Gasteiger charge is 2.17. The fraction of sp³-hybridized carbons (Fsp3) is 0.684. The second-order valence-corrected chi connectivity index (χ2v) is 6.60. The van der Waals surface area contributed by atoms with Gasteiger partial charge in [-0.2, -0.15) is 0 Å². The van der Waals surface area contributed by atoms with Gasteiger partial charge in [0.2, 0.25) is 0 Å². The Hall–Kier alpha value is -1.82. The topological polar surface area (TPSA) is 53.0 Å². The van der Waals surface area contributed by atoms with Crippen LogP contribution in [0, 0.1) is 0 Å². The summed E-state index contributed by atoms with van der Waals surface area (Å²) in [5.41, 5.74) is 1.13. The van der Waals surface area contributed by atoms with Crippen LogP contribution in [0.5, 0.6) is 0 Å². The number of nitrogens with one attached hydrogen (secondary N) is 1. The number of nitrogens with zero attached hydrogens (tertiary/aromatic N) is 4. The number of unbranched alkanes of at least 4 members (excludes halogenated alkanes) is 1. The highest BCUT2D eigenvalue weighted by atomic mass is 16.5. The number of guanidine groups is 1. The van der Waals surface area contributed by atoms with Crippen LogP contribution in [-0.2, 0) is 11.3 Å². The Morgan fingerprint density at radius 1 is 1.44 bits per heavy atom. The van der Waals surface area contributed by atoms with Crippen LogP contribution in [0.2, 0.25) is 0 Å². The number of rotatable bonds is 7. The molecule has 25 heavy (non-hydrogen) atoms. The normalized spacial score (nSPS) is 18.3. The molecule has 1 aliphatic rings. The molecular formula is C19H33N5O. The summed E-state index contributed by atoms with van der Waals surface area (Å²) in [6, 6.07) is 4.22. The predicted molar refractivity (Wildman–Crippen MR) is 104 cm³/mol. The van der Waals surface area contributed by atoms with Crippen molar-refractivity contribution in [1.82, 2.24) is 15.2 Å². The minimum Gasteiger partial charge on any atom is -0.375 e. The molecule has 1 fully saturated rings. The highest BCUT2D eigenvalue weighted by molar-refractivity contribution is 5.79. The van der Waals surface area contributed by atoms with Gasteiger partial charge in [0, 0.05) is 39.4 Å². The first-order valence-electron chi connectivity index (χ1n) is 9.45. The molecule has 6 heteroatoms. The molecule has 1 atom stereocenters. The van der Waals surface area contributed by atoms with E-state index in [0.717, 1.165) is 50.1 Å². The molecule has 0 amide bonds. The van der Waals surface area contributed by atoms with Crippen LogP contribution in [-0.4, -0.2) is 61.8 Å². The van der Waals surface area contributed by atoms with E-state index in [2.05, 4.69) is 60.1 Å². The van der Waals surface area contributed by atoms with E-state index >= 15 is 0 Å². The Morgan fingerprint density at radius 2 is 2.28 bits per heavy atom. The number of aliphatic imine (C=N–C) groups is 1. The van der Waals surface area contributed by atoms with Crippen molar-refractivity contribution in [2.75, 3.05) is 44.7 Å². The number of hydrogen-bond acceptors (Lipinski definition) is 4. The number of hydrogen-bond donors (Lipinski definition) is 1. The number of aromatic nitrogens is 1. The van der Waals surface area contributed by atoms with Crippen molar-refractivity contribution < 1.29 is 4.74 Å². The average molecular weight is 348 g/mol. The summed E-state index contributed by atoms with van der Waals surface area (Å²) < 4.78 is 5.59. The summed E-state index contributed by atoms with van der Waals surface area (Å²) in [5.74, 6) is 1.98. The molecule has 1 N–H and O–H groups in total. The van der Waals surface area contributed by atoms with E-state index < -0.39 is 0 Å². The quantitative estimate of drug-likeness (QED) is 0.607. The Bertz CT molecular complexity index is 531. The average Bonchev–Trinajstić information content (AvgIpc) is 2.63. The van der Waals surface area contributed by atoms with E-state index in [0.29, 0.717) is 6.54 Å². The Morgan fingerprint density at radius 3 is 2.92 bits per heavy atom. The third-order valence-corrected chi connectivity index (χ3v) is 4.33. The van der Waals surface area contributed by atoms with Crippen molar-refractivity contribution >= 4 is 11.8 Å². The zero-order valence-electron chi connectivity index (χ0n) is 16.2. The molecule has 1 aromatic rings. The van der Waals surface area contributed by atoms with Crippen LogP contribution in [0.25, 0.3) is 0 Å². The Labute approximate surface area is 152 Å². The second kappa shape index (κ2) is 10.2. The number of ether oxygens (including phenoxy) is 1. The van der Waals surface area contributed by atoms with Crippen LogP contribution >= 0.6 is 0 Å². The van der Waals surface area contributed by atoms with Gasteiger partial charge in [0.05, 0.1) is 19.3 Å². The van der Waals surface area contributed by atoms with Crippen LogP contribution in [0.1, 0.15) is 39.2 Å². The van der Waals surface area contributed by atoms with Crippen LogP contribution in [0.4, 0.5) is 5.82 Å². The summed E-state index contributed by atoms with van der Waals surface area (Å²) in [7, 11) is 2.10. The molecule has 2 heterocycles. The molecule has 0 radical (unpaired) electrons. The molecule has 0 bridgehead atoms. The lowest BCUT2D eigenvalue weighted by atomic mass is 10.2. The lowest BCUT2D eigenvalue weighted by Crippen LogP contribution is -2.41. The van der Waals surface area contributed by atoms with E-state index in [9.17, 15) is 0 Å². The van der Waals surface area contributed by atoms with Gasteiger partial charge >= 0.3 is 0 Å². The molecule has 1 aromatic heterocycles. The van der Waals surface area contributed by atoms with E-state index in [4.69, 9.17) is 9.73 Å². The minimum atomic E-state index is 0.265. The van der Waals surface area contributed by atoms with Crippen molar-refractivity contribution in [1.29, 1.82) is 0 Å². The minimum absolute atomic E-state index is 0.265. The summed E-state index contributed by atoms with van der Waals surface area (Å²) in [4.78, 5) is 13.9. The van der Waals surface area contributed by atoms with Gasteiger partial charge in [0.25, 0.3) is 0 Å². The molecule has 0 spiro atoms. The van der Waals surface area contributed by atoms with Crippen LogP contribution in [0.15, 0.2) is 23.3 Å². The molecule has 6 nitrogen and oxygen atoms in total. The molecule has 2 rings (SSSR count). The molecule has 1 saturated heterocycles. The third kappa shape index (κ3) is 6.20. The van der Waals surface area contributed by atoms with Gasteiger partial charge in [-0.05, 0) is 31.9 Å². The first kappa shape index (κ1) is 19.5. The lowest BCUT2D eigenvalue weighted by Gasteiger charge is -2.32. The fourth-order valence-corrected chi connectivity index (χ4v) is 2.86. The van der Waals surface area contributed by atoms with E-state index in [1.807, 2.05) is 6.20 Å². The molecule has 140 valence electrons. The van der Waals surface area contributed by atoms with Gasteiger partial charge in [-0.3, -0.25) is 0 Å². The first-order valence-corrected chi connectivity index (χ1v) is 9.45. The maximum absolute atomic E-state index is 5.59. The highest BCUT2D eigenvalue weighted by Crippen LogP contribution is 2.15. The van der Waals surface area contributed by atoms with Gasteiger partial charge in [-0.25, -0.2) is 9.98 Å². The number of morpholine rings is 1. The lowest BCUT2D eigenvalue weighted by molar-refractivity contribution is 0.0529. The molecule has 0 saturated carbocycles. The Kier molecular flexibility index (Phi) is 7.98. The van der Waals surface area contributed by atoms with Crippen molar-refractivity contribution in [2.45, 2.75) is 46.3 Å². The Balaban J connectivity index is 1.96. The maximum Gasteiger partial charge on any atom is 0.193 e. The summed E-state index contributed by atoms with van der Waals surface area (Å²) in [6.45, 7) is 11.5. The zero-order valence-corrected chi connectivity index (χ0v) is 16.2. The van der Waals surface area contributed by atoms with E-state index in [1.165, 1.54) is 12.8 Å². The monoisotopic (exact) mass is 347 g/mol. The standard InChI is InChI=1S/C19H33N5O/c1-5-7-10-23(4)19(20-6-2)22-14-17-8-9-18(21-13-17)24-11-12-25-16(3)15-24/h8-9,13,16H,5-7,10-12,14-15H2,1-4H3,(H,20,22). The van der Waals surface area contributed by atoms with Gasteiger partial charge in [-0.15, -0.1) is 0 Å². The van der Waals surface area contributed by atoms with Gasteiger partial charge in [-0.1, -0.05) is 19.4 Å². The van der Waals surface area contributed by atoms with Gasteiger partial charge < -0.3 is 19.9 Å². The SMILES string of the molecule is CCCCN(C)C(=NCc1ccc(N2CCOC(C)C2)nc1)NCC. The summed E-state index contributed by atoms with van der Waals surface area (Å²) in [6.07, 6.45) is 4.57. The second-order valence-electron chi connectivity index (χ2n) is 6.60. The zero-order chi connectivity index (χ0) is 18.1. The van der Waals surface area contributed by atoms with Crippen molar-refractivity contribution in [3.8, 4) is 0 Å². The molecule has 1 unspecified atom stereocenters. The predicted octanol–water partition coefficient (Wildman–Crippen LogP) is 2.50. The van der Waals surface area contributed by atoms with Gasteiger partial charge in [0.15, 0.2) is 5.96 Å². The van der Waals surface area contributed by atoms with Gasteiger partial charge in [0.1, 0.15) is 5.82 Å². The third-order valence-electron chi connectivity index (χ3n) is 4.33. The maximum atomic E-state index is 5.59. The van der Waals surface area contributed by atoms with Crippen LogP contribution < -0.4 is 10.2 Å². The molecule has 0 aliphatic carbocycles. The molecule has 0 aromatic carbocycles. The van der Waals surface area contributed by atoms with E-state index in [-0.39, 0.29) is 6.10 Å². The summed E-state index contributed by atoms with van der Waals surface area (Å²) in [5, 5.41) is 3.36. The fourth-order valence-electron chi connectivity index (χ4n) is 2.86. The molecular weight excluding hydrogens is 314 g/mol. The first-order chi connectivity index (χ1) is 12.1. The van der Waals surface area contributed by atoms with Crippen molar-refractivity contribution in [3.05, 3.63) is 23.9 Å². The summed E-state index contributed by atoms with van der Waals surface area (Å²) >= 11 is 0. The number of anilines is 1.